The maximum absolute atomic E-state index is 12.3. The number of nitrogens with one attached hydrogen (secondary N) is 1. The maximum Gasteiger partial charge on any atom is 0.317 e. The third-order valence-electron chi connectivity index (χ3n) is 5.40. The van der Waals surface area contributed by atoms with Gasteiger partial charge in [-0.1, -0.05) is 25.1 Å². The molecule has 1 N–H and O–H groups in total. The normalized spacial score (nSPS) is 14.3. The van der Waals surface area contributed by atoms with Gasteiger partial charge in [0, 0.05) is 39.8 Å². The molecule has 0 radical (unpaired) electrons. The number of carbonyl (C=O) groups excluding carboxylic acids is 1. The molecule has 0 unspecified atom stereocenters. The van der Waals surface area contributed by atoms with Gasteiger partial charge >= 0.3 is 6.03 Å². The SMILES string of the molecule is CCCNC(=O)N1CCN(c2nc(COC)nc3c2c(C)nn3-c2ccccc2)CC1. The Morgan fingerprint density at radius 3 is 2.55 bits per heavy atom. The van der Waals surface area contributed by atoms with E-state index in [2.05, 4.69) is 10.2 Å². The second-order valence-electron chi connectivity index (χ2n) is 7.63. The average molecular weight is 424 g/mol. The number of piperazine rings is 1. The first-order valence-electron chi connectivity index (χ1n) is 10.7. The lowest BCUT2D eigenvalue weighted by Gasteiger charge is -2.35. The Kier molecular flexibility index (Phi) is 6.31. The zero-order valence-electron chi connectivity index (χ0n) is 18.3. The van der Waals surface area contributed by atoms with Crippen molar-refractivity contribution in [1.82, 2.24) is 30.0 Å². The predicted octanol–water partition coefficient (Wildman–Crippen LogP) is 2.51. The number of benzene rings is 1. The van der Waals surface area contributed by atoms with Crippen molar-refractivity contribution in [3.05, 3.63) is 41.9 Å². The van der Waals surface area contributed by atoms with Crippen molar-refractivity contribution < 1.29 is 9.53 Å². The standard InChI is InChI=1S/C22H29N7O2/c1-4-10-23-22(30)28-13-11-27(12-14-28)20-19-16(2)26-29(17-8-6-5-7-9-17)21(19)25-18(24-20)15-31-3/h5-9H,4,10-15H2,1-3H3,(H,23,30). The van der Waals surface area contributed by atoms with Crippen LogP contribution in [0, 0.1) is 6.92 Å². The quantitative estimate of drug-likeness (QED) is 0.655. The van der Waals surface area contributed by atoms with Gasteiger partial charge in [-0.2, -0.15) is 5.10 Å². The number of fused-ring (bicyclic) bond motifs is 1. The number of carbonyl (C=O) groups is 1. The fourth-order valence-corrected chi connectivity index (χ4v) is 3.84. The van der Waals surface area contributed by atoms with E-state index in [0.29, 0.717) is 45.2 Å². The van der Waals surface area contributed by atoms with Crippen LogP contribution in [0.4, 0.5) is 10.6 Å². The number of hydrogen-bond acceptors (Lipinski definition) is 6. The molecule has 9 heteroatoms. The number of nitrogens with zero attached hydrogens (tertiary/aromatic N) is 6. The summed E-state index contributed by atoms with van der Waals surface area (Å²) in [5.41, 5.74) is 2.59. The second-order valence-corrected chi connectivity index (χ2v) is 7.63. The van der Waals surface area contributed by atoms with Crippen molar-refractivity contribution in [3.8, 4) is 5.69 Å². The maximum atomic E-state index is 12.3. The summed E-state index contributed by atoms with van der Waals surface area (Å²) in [6, 6.07) is 9.98. The van der Waals surface area contributed by atoms with Gasteiger partial charge in [0.05, 0.1) is 16.8 Å². The fraction of sp³-hybridized carbons (Fsp3) is 0.455. The van der Waals surface area contributed by atoms with Crippen LogP contribution in [-0.4, -0.2) is 70.5 Å². The molecule has 1 aliphatic rings. The molecule has 4 rings (SSSR count). The molecule has 1 aliphatic heterocycles. The van der Waals surface area contributed by atoms with Crippen LogP contribution in [0.3, 0.4) is 0 Å². The number of urea groups is 1. The Hall–Kier alpha value is -3.20. The monoisotopic (exact) mass is 423 g/mol. The lowest BCUT2D eigenvalue weighted by molar-refractivity contribution is 0.178. The number of aryl methyl sites for hydroxylation is 1. The summed E-state index contributed by atoms with van der Waals surface area (Å²) in [6.45, 7) is 7.75. The van der Waals surface area contributed by atoms with Gasteiger partial charge in [0.1, 0.15) is 12.4 Å². The molecule has 1 aromatic carbocycles. The molecule has 2 amide bonds. The van der Waals surface area contributed by atoms with E-state index >= 15 is 0 Å². The molecule has 3 aromatic rings. The third kappa shape index (κ3) is 4.32. The summed E-state index contributed by atoms with van der Waals surface area (Å²) >= 11 is 0. The molecule has 0 atom stereocenters. The van der Waals surface area contributed by atoms with Crippen molar-refractivity contribution in [2.45, 2.75) is 26.9 Å². The number of methoxy groups -OCH3 is 1. The van der Waals surface area contributed by atoms with Gasteiger partial charge in [0.25, 0.3) is 0 Å². The summed E-state index contributed by atoms with van der Waals surface area (Å²) in [5.74, 6) is 1.47. The van der Waals surface area contributed by atoms with Gasteiger partial charge in [-0.25, -0.2) is 19.4 Å². The van der Waals surface area contributed by atoms with Crippen LogP contribution in [0.15, 0.2) is 30.3 Å². The van der Waals surface area contributed by atoms with Crippen molar-refractivity contribution in [2.75, 3.05) is 44.7 Å². The topological polar surface area (TPSA) is 88.4 Å². The highest BCUT2D eigenvalue weighted by Gasteiger charge is 2.26. The minimum absolute atomic E-state index is 0.00230. The van der Waals surface area contributed by atoms with E-state index in [1.165, 1.54) is 0 Å². The van der Waals surface area contributed by atoms with Crippen LogP contribution in [-0.2, 0) is 11.3 Å². The van der Waals surface area contributed by atoms with Gasteiger partial charge in [-0.15, -0.1) is 0 Å². The van der Waals surface area contributed by atoms with Crippen LogP contribution in [0.25, 0.3) is 16.7 Å². The van der Waals surface area contributed by atoms with E-state index in [1.807, 2.05) is 53.8 Å². The van der Waals surface area contributed by atoms with Gasteiger partial charge in [0.2, 0.25) is 0 Å². The number of para-hydroxylation sites is 1. The highest BCUT2D eigenvalue weighted by molar-refractivity contribution is 5.91. The number of amides is 2. The summed E-state index contributed by atoms with van der Waals surface area (Å²) in [6.07, 6.45) is 0.928. The van der Waals surface area contributed by atoms with E-state index in [0.717, 1.165) is 34.7 Å². The molecule has 0 saturated carbocycles. The van der Waals surface area contributed by atoms with Crippen LogP contribution in [0.1, 0.15) is 24.9 Å². The molecule has 0 bridgehead atoms. The lowest BCUT2D eigenvalue weighted by atomic mass is 10.2. The summed E-state index contributed by atoms with van der Waals surface area (Å²) in [5, 5.41) is 8.66. The lowest BCUT2D eigenvalue weighted by Crippen LogP contribution is -2.52. The molecule has 9 nitrogen and oxygen atoms in total. The van der Waals surface area contributed by atoms with Crippen molar-refractivity contribution >= 4 is 22.9 Å². The number of rotatable bonds is 6. The van der Waals surface area contributed by atoms with Crippen molar-refractivity contribution in [2.24, 2.45) is 0 Å². The summed E-state index contributed by atoms with van der Waals surface area (Å²) in [7, 11) is 1.64. The average Bonchev–Trinajstić information content (AvgIpc) is 3.14. The Labute approximate surface area is 182 Å². The number of ether oxygens (including phenoxy) is 1. The first kappa shape index (κ1) is 21.0. The largest absolute Gasteiger partial charge is 0.377 e. The fourth-order valence-electron chi connectivity index (χ4n) is 3.84. The minimum Gasteiger partial charge on any atom is -0.377 e. The van der Waals surface area contributed by atoms with E-state index in [-0.39, 0.29) is 6.03 Å². The molecule has 2 aromatic heterocycles. The molecule has 0 spiro atoms. The number of anilines is 1. The number of aromatic nitrogens is 4. The zero-order valence-corrected chi connectivity index (χ0v) is 18.3. The smallest absolute Gasteiger partial charge is 0.317 e. The van der Waals surface area contributed by atoms with Gasteiger partial charge < -0.3 is 19.9 Å². The number of hydrogen-bond donors (Lipinski definition) is 1. The molecule has 1 saturated heterocycles. The van der Waals surface area contributed by atoms with Crippen molar-refractivity contribution in [3.63, 3.8) is 0 Å². The van der Waals surface area contributed by atoms with Crippen LogP contribution >= 0.6 is 0 Å². The molecule has 1 fully saturated rings. The summed E-state index contributed by atoms with van der Waals surface area (Å²) in [4.78, 5) is 26.0. The first-order valence-corrected chi connectivity index (χ1v) is 10.7. The Morgan fingerprint density at radius 1 is 1.13 bits per heavy atom. The van der Waals surface area contributed by atoms with Crippen molar-refractivity contribution in [1.29, 1.82) is 0 Å². The Balaban J connectivity index is 1.68. The highest BCUT2D eigenvalue weighted by atomic mass is 16.5. The van der Waals surface area contributed by atoms with E-state index in [4.69, 9.17) is 19.8 Å². The third-order valence-corrected chi connectivity index (χ3v) is 5.40. The second kappa shape index (κ2) is 9.30. The van der Waals surface area contributed by atoms with Gasteiger partial charge in [-0.05, 0) is 25.5 Å². The molecule has 3 heterocycles. The Morgan fingerprint density at radius 2 is 1.87 bits per heavy atom. The van der Waals surface area contributed by atoms with E-state index < -0.39 is 0 Å². The molecule has 0 aliphatic carbocycles. The molecular weight excluding hydrogens is 394 g/mol. The van der Waals surface area contributed by atoms with Crippen LogP contribution in [0.5, 0.6) is 0 Å². The van der Waals surface area contributed by atoms with Crippen LogP contribution in [0.2, 0.25) is 0 Å². The molecular formula is C22H29N7O2. The summed E-state index contributed by atoms with van der Waals surface area (Å²) < 4.78 is 7.19. The predicted molar refractivity (Wildman–Crippen MR) is 120 cm³/mol. The van der Waals surface area contributed by atoms with E-state index in [1.54, 1.807) is 7.11 Å². The van der Waals surface area contributed by atoms with E-state index in [9.17, 15) is 4.79 Å². The van der Waals surface area contributed by atoms with Gasteiger partial charge in [-0.3, -0.25) is 0 Å². The Bertz CT molecular complexity index is 1040. The zero-order chi connectivity index (χ0) is 21.8. The first-order chi connectivity index (χ1) is 15.1. The highest BCUT2D eigenvalue weighted by Crippen LogP contribution is 2.29. The molecule has 164 valence electrons. The van der Waals surface area contributed by atoms with Crippen LogP contribution < -0.4 is 10.2 Å². The minimum atomic E-state index is 0.00230. The molecule has 31 heavy (non-hydrogen) atoms. The van der Waals surface area contributed by atoms with Gasteiger partial charge in [0.15, 0.2) is 11.5 Å².